The Bertz CT molecular complexity index is 870. The highest BCUT2D eigenvalue weighted by Crippen LogP contribution is 2.31. The molecule has 1 amide bonds. The van der Waals surface area contributed by atoms with Crippen molar-refractivity contribution in [2.75, 3.05) is 5.32 Å². The van der Waals surface area contributed by atoms with Gasteiger partial charge in [0.05, 0.1) is 5.69 Å². The average molecular weight is 399 g/mol. The molecule has 0 aliphatic heterocycles. The van der Waals surface area contributed by atoms with Crippen molar-refractivity contribution in [3.05, 3.63) is 75.6 Å². The van der Waals surface area contributed by atoms with Crippen molar-refractivity contribution >= 4 is 44.4 Å². The van der Waals surface area contributed by atoms with Crippen LogP contribution in [0.15, 0.2) is 65.1 Å². The normalized spacial score (nSPS) is 10.9. The average Bonchev–Trinajstić information content (AvgIpc) is 2.95. The lowest BCUT2D eigenvalue weighted by molar-refractivity contribution is -0.111. The smallest absolute Gasteiger partial charge is 0.250 e. The van der Waals surface area contributed by atoms with E-state index in [1.54, 1.807) is 6.08 Å². The van der Waals surface area contributed by atoms with Crippen molar-refractivity contribution < 1.29 is 4.79 Å². The summed E-state index contributed by atoms with van der Waals surface area (Å²) in [7, 11) is 0. The van der Waals surface area contributed by atoms with Gasteiger partial charge >= 0.3 is 0 Å². The van der Waals surface area contributed by atoms with Gasteiger partial charge in [-0.25, -0.2) is 4.98 Å². The van der Waals surface area contributed by atoms with Crippen LogP contribution in [0.4, 0.5) is 5.13 Å². The number of carbonyl (C=O) groups is 1. The predicted octanol–water partition coefficient (Wildman–Crippen LogP) is 5.53. The summed E-state index contributed by atoms with van der Waals surface area (Å²) in [5.74, 6) is -0.185. The van der Waals surface area contributed by atoms with Crippen LogP contribution in [0.2, 0.25) is 0 Å². The quantitative estimate of drug-likeness (QED) is 0.586. The molecule has 0 saturated carbocycles. The maximum atomic E-state index is 12.1. The number of benzene rings is 2. The molecule has 2 aromatic carbocycles. The maximum Gasteiger partial charge on any atom is 0.250 e. The highest BCUT2D eigenvalue weighted by Gasteiger charge is 2.11. The summed E-state index contributed by atoms with van der Waals surface area (Å²) in [5, 5.41) is 3.43. The zero-order valence-corrected chi connectivity index (χ0v) is 15.4. The molecule has 0 aliphatic rings. The van der Waals surface area contributed by atoms with Gasteiger partial charge in [0.25, 0.3) is 0 Å². The Morgan fingerprint density at radius 2 is 1.83 bits per heavy atom. The first-order valence-electron chi connectivity index (χ1n) is 7.39. The van der Waals surface area contributed by atoms with Gasteiger partial charge in [0, 0.05) is 21.0 Å². The largest absolute Gasteiger partial charge is 0.298 e. The van der Waals surface area contributed by atoms with E-state index in [1.165, 1.54) is 17.4 Å². The molecule has 0 atom stereocenters. The lowest BCUT2D eigenvalue weighted by Crippen LogP contribution is -2.07. The van der Waals surface area contributed by atoms with Crippen molar-refractivity contribution in [3.63, 3.8) is 0 Å². The van der Waals surface area contributed by atoms with E-state index in [-0.39, 0.29) is 5.91 Å². The van der Waals surface area contributed by atoms with Gasteiger partial charge in [-0.3, -0.25) is 10.1 Å². The van der Waals surface area contributed by atoms with Crippen molar-refractivity contribution in [3.8, 4) is 11.3 Å². The van der Waals surface area contributed by atoms with Crippen LogP contribution in [0.3, 0.4) is 0 Å². The molecule has 0 unspecified atom stereocenters. The van der Waals surface area contributed by atoms with E-state index in [4.69, 9.17) is 0 Å². The SMILES string of the molecule is Cc1sc(NC(=O)/C=C/c2ccccc2)nc1-c1ccc(Br)cc1. The van der Waals surface area contributed by atoms with E-state index in [1.807, 2.05) is 61.5 Å². The number of nitrogens with zero attached hydrogens (tertiary/aromatic N) is 1. The van der Waals surface area contributed by atoms with E-state index < -0.39 is 0 Å². The van der Waals surface area contributed by atoms with Crippen LogP contribution in [-0.2, 0) is 4.79 Å². The van der Waals surface area contributed by atoms with Gasteiger partial charge in [-0.1, -0.05) is 58.4 Å². The fourth-order valence-electron chi connectivity index (χ4n) is 2.21. The zero-order valence-electron chi connectivity index (χ0n) is 13.0. The van der Waals surface area contributed by atoms with Crippen molar-refractivity contribution in [1.29, 1.82) is 0 Å². The monoisotopic (exact) mass is 398 g/mol. The van der Waals surface area contributed by atoms with E-state index in [0.29, 0.717) is 5.13 Å². The van der Waals surface area contributed by atoms with Gasteiger partial charge in [0.2, 0.25) is 5.91 Å². The number of anilines is 1. The summed E-state index contributed by atoms with van der Waals surface area (Å²) < 4.78 is 1.03. The number of halogens is 1. The number of hydrogen-bond acceptors (Lipinski definition) is 3. The van der Waals surface area contributed by atoms with Gasteiger partial charge in [0.1, 0.15) is 0 Å². The third kappa shape index (κ3) is 4.19. The van der Waals surface area contributed by atoms with Crippen LogP contribution < -0.4 is 5.32 Å². The Hall–Kier alpha value is -2.24. The highest BCUT2D eigenvalue weighted by atomic mass is 79.9. The fourth-order valence-corrected chi connectivity index (χ4v) is 3.31. The maximum absolute atomic E-state index is 12.1. The van der Waals surface area contributed by atoms with Crippen LogP contribution in [0.1, 0.15) is 10.4 Å². The second-order valence-corrected chi connectivity index (χ2v) is 7.28. The van der Waals surface area contributed by atoms with Gasteiger partial charge in [-0.05, 0) is 30.7 Å². The molecule has 0 bridgehead atoms. The van der Waals surface area contributed by atoms with Crippen LogP contribution in [0, 0.1) is 6.92 Å². The van der Waals surface area contributed by atoms with E-state index in [9.17, 15) is 4.79 Å². The summed E-state index contributed by atoms with van der Waals surface area (Å²) in [6, 6.07) is 17.7. The lowest BCUT2D eigenvalue weighted by Gasteiger charge is -1.99. The van der Waals surface area contributed by atoms with E-state index in [2.05, 4.69) is 26.2 Å². The Balaban J connectivity index is 1.72. The number of hydrogen-bond donors (Lipinski definition) is 1. The minimum Gasteiger partial charge on any atom is -0.298 e. The molecule has 0 radical (unpaired) electrons. The Morgan fingerprint density at radius 1 is 1.12 bits per heavy atom. The standard InChI is InChI=1S/C19H15BrN2OS/c1-13-18(15-8-10-16(20)11-9-15)22-19(24-13)21-17(23)12-7-14-5-3-2-4-6-14/h2-12H,1H3,(H,21,22,23)/b12-7+. The number of nitrogens with one attached hydrogen (secondary N) is 1. The molecule has 1 N–H and O–H groups in total. The zero-order chi connectivity index (χ0) is 16.9. The number of rotatable bonds is 4. The molecule has 5 heteroatoms. The fraction of sp³-hybridized carbons (Fsp3) is 0.0526. The molecule has 0 spiro atoms. The minimum absolute atomic E-state index is 0.185. The van der Waals surface area contributed by atoms with Crippen molar-refractivity contribution in [2.45, 2.75) is 6.92 Å². The summed E-state index contributed by atoms with van der Waals surface area (Å²) >= 11 is 4.90. The molecule has 24 heavy (non-hydrogen) atoms. The molecule has 1 heterocycles. The van der Waals surface area contributed by atoms with Crippen molar-refractivity contribution in [2.24, 2.45) is 0 Å². The third-order valence-electron chi connectivity index (χ3n) is 3.37. The molecule has 3 aromatic rings. The van der Waals surface area contributed by atoms with Gasteiger partial charge in [-0.15, -0.1) is 11.3 Å². The van der Waals surface area contributed by atoms with E-state index >= 15 is 0 Å². The topological polar surface area (TPSA) is 42.0 Å². The predicted molar refractivity (Wildman–Crippen MR) is 104 cm³/mol. The van der Waals surface area contributed by atoms with Gasteiger partial charge in [0.15, 0.2) is 5.13 Å². The van der Waals surface area contributed by atoms with E-state index in [0.717, 1.165) is 26.2 Å². The van der Waals surface area contributed by atoms with Gasteiger partial charge < -0.3 is 0 Å². The second-order valence-electron chi connectivity index (χ2n) is 5.16. The molecule has 3 rings (SSSR count). The molecular weight excluding hydrogens is 384 g/mol. The summed E-state index contributed by atoms with van der Waals surface area (Å²) in [5.41, 5.74) is 2.92. The van der Waals surface area contributed by atoms with Crippen LogP contribution >= 0.6 is 27.3 Å². The summed E-state index contributed by atoms with van der Waals surface area (Å²) in [6.07, 6.45) is 3.30. The second kappa shape index (κ2) is 7.55. The molecule has 0 fully saturated rings. The molecule has 1 aromatic heterocycles. The van der Waals surface area contributed by atoms with Crippen LogP contribution in [0.25, 0.3) is 17.3 Å². The Morgan fingerprint density at radius 3 is 2.54 bits per heavy atom. The number of carbonyl (C=O) groups excluding carboxylic acids is 1. The molecule has 0 saturated heterocycles. The molecular formula is C19H15BrN2OS. The number of amides is 1. The minimum atomic E-state index is -0.185. The first kappa shape index (κ1) is 16.6. The van der Waals surface area contributed by atoms with Crippen LogP contribution in [0.5, 0.6) is 0 Å². The summed E-state index contributed by atoms with van der Waals surface area (Å²) in [6.45, 7) is 2.00. The Kier molecular flexibility index (Phi) is 5.23. The highest BCUT2D eigenvalue weighted by molar-refractivity contribution is 9.10. The molecule has 3 nitrogen and oxygen atoms in total. The first-order chi connectivity index (χ1) is 11.6. The molecule has 0 aliphatic carbocycles. The number of aromatic nitrogens is 1. The van der Waals surface area contributed by atoms with Crippen molar-refractivity contribution in [1.82, 2.24) is 4.98 Å². The third-order valence-corrected chi connectivity index (χ3v) is 4.79. The van der Waals surface area contributed by atoms with Crippen LogP contribution in [-0.4, -0.2) is 10.9 Å². The van der Waals surface area contributed by atoms with Gasteiger partial charge in [-0.2, -0.15) is 0 Å². The lowest BCUT2D eigenvalue weighted by atomic mass is 10.1. The first-order valence-corrected chi connectivity index (χ1v) is 9.00. The number of aryl methyl sites for hydroxylation is 1. The summed E-state index contributed by atoms with van der Waals surface area (Å²) in [4.78, 5) is 17.7. The Labute approximate surface area is 153 Å². The molecule has 120 valence electrons. The number of thiazole rings is 1.